The highest BCUT2D eigenvalue weighted by molar-refractivity contribution is 6.07. The maximum absolute atomic E-state index is 12.7. The summed E-state index contributed by atoms with van der Waals surface area (Å²) in [5.74, 6) is 1.11. The van der Waals surface area contributed by atoms with Crippen LogP contribution in [0.15, 0.2) is 42.5 Å². The largest absolute Gasteiger partial charge is 0.490 e. The Morgan fingerprint density at radius 1 is 0.867 bits per heavy atom. The summed E-state index contributed by atoms with van der Waals surface area (Å²) in [5, 5.41) is 0. The van der Waals surface area contributed by atoms with E-state index in [2.05, 4.69) is 0 Å². The Bertz CT molecular complexity index is 925. The molecule has 0 aliphatic heterocycles. The van der Waals surface area contributed by atoms with Gasteiger partial charge in [-0.05, 0) is 70.5 Å². The first-order valence-electron chi connectivity index (χ1n) is 10.1. The third-order valence-corrected chi connectivity index (χ3v) is 4.29. The number of allylic oxidation sites excluding steroid dienone is 1. The summed E-state index contributed by atoms with van der Waals surface area (Å²) in [5.41, 5.74) is 2.76. The van der Waals surface area contributed by atoms with E-state index in [-0.39, 0.29) is 23.9 Å². The van der Waals surface area contributed by atoms with Crippen molar-refractivity contribution in [3.63, 3.8) is 0 Å². The minimum absolute atomic E-state index is 0.00997. The number of ketones is 1. The van der Waals surface area contributed by atoms with Crippen LogP contribution in [0.3, 0.4) is 0 Å². The van der Waals surface area contributed by atoms with Crippen molar-refractivity contribution in [2.45, 2.75) is 46.8 Å². The molecule has 0 saturated heterocycles. The van der Waals surface area contributed by atoms with Gasteiger partial charge in [-0.2, -0.15) is 0 Å². The SMILES string of the molecule is Cc1ccc(OC(C)C)c(/C=C/C(=O)c2ccc(C(=O)N(C)C)cc2)c1OC(C)C. The molecule has 0 spiro atoms. The van der Waals surface area contributed by atoms with Crippen LogP contribution in [0.5, 0.6) is 11.5 Å². The summed E-state index contributed by atoms with van der Waals surface area (Å²) >= 11 is 0. The number of hydrogen-bond donors (Lipinski definition) is 0. The van der Waals surface area contributed by atoms with Crippen molar-refractivity contribution >= 4 is 17.8 Å². The van der Waals surface area contributed by atoms with Gasteiger partial charge >= 0.3 is 0 Å². The van der Waals surface area contributed by atoms with E-state index in [9.17, 15) is 9.59 Å². The second-order valence-electron chi connectivity index (χ2n) is 7.93. The van der Waals surface area contributed by atoms with E-state index in [1.807, 2.05) is 46.8 Å². The Kier molecular flexibility index (Phi) is 7.81. The number of benzene rings is 2. The Morgan fingerprint density at radius 2 is 1.43 bits per heavy atom. The minimum atomic E-state index is -0.161. The van der Waals surface area contributed by atoms with Gasteiger partial charge in [-0.15, -0.1) is 0 Å². The zero-order chi connectivity index (χ0) is 22.4. The van der Waals surface area contributed by atoms with Crippen LogP contribution in [0.1, 0.15) is 59.5 Å². The van der Waals surface area contributed by atoms with Crippen LogP contribution in [-0.2, 0) is 0 Å². The fourth-order valence-corrected chi connectivity index (χ4v) is 2.89. The number of nitrogens with zero attached hydrogens (tertiary/aromatic N) is 1. The molecule has 0 unspecified atom stereocenters. The fourth-order valence-electron chi connectivity index (χ4n) is 2.89. The summed E-state index contributed by atoms with van der Waals surface area (Å²) in [6.07, 6.45) is 3.23. The molecule has 0 saturated carbocycles. The van der Waals surface area contributed by atoms with Gasteiger partial charge in [0.15, 0.2) is 5.78 Å². The van der Waals surface area contributed by atoms with Crippen molar-refractivity contribution in [3.8, 4) is 11.5 Å². The second-order valence-corrected chi connectivity index (χ2v) is 7.93. The van der Waals surface area contributed by atoms with Gasteiger partial charge in [0.05, 0.1) is 17.8 Å². The number of aryl methyl sites for hydroxylation is 1. The highest BCUT2D eigenvalue weighted by Gasteiger charge is 2.15. The Hall–Kier alpha value is -3.08. The zero-order valence-electron chi connectivity index (χ0n) is 18.9. The quantitative estimate of drug-likeness (QED) is 0.446. The molecule has 0 heterocycles. The first-order valence-corrected chi connectivity index (χ1v) is 10.1. The van der Waals surface area contributed by atoms with Crippen LogP contribution in [0.4, 0.5) is 0 Å². The van der Waals surface area contributed by atoms with Crippen molar-refractivity contribution < 1.29 is 19.1 Å². The highest BCUT2D eigenvalue weighted by atomic mass is 16.5. The first-order chi connectivity index (χ1) is 14.1. The molecule has 0 fully saturated rings. The molecule has 30 heavy (non-hydrogen) atoms. The molecule has 5 nitrogen and oxygen atoms in total. The third kappa shape index (κ3) is 5.96. The van der Waals surface area contributed by atoms with Crippen molar-refractivity contribution in [2.24, 2.45) is 0 Å². The maximum atomic E-state index is 12.7. The lowest BCUT2D eigenvalue weighted by atomic mass is 10.0. The molecule has 160 valence electrons. The Balaban J connectivity index is 2.36. The van der Waals surface area contributed by atoms with Gasteiger partial charge in [-0.3, -0.25) is 9.59 Å². The van der Waals surface area contributed by atoms with E-state index in [1.54, 1.807) is 44.4 Å². The minimum Gasteiger partial charge on any atom is -0.490 e. The van der Waals surface area contributed by atoms with Crippen molar-refractivity contribution in [1.29, 1.82) is 0 Å². The van der Waals surface area contributed by atoms with Gasteiger partial charge in [-0.25, -0.2) is 0 Å². The summed E-state index contributed by atoms with van der Waals surface area (Å²) in [4.78, 5) is 26.2. The number of hydrogen-bond acceptors (Lipinski definition) is 4. The Labute approximate surface area is 179 Å². The highest BCUT2D eigenvalue weighted by Crippen LogP contribution is 2.35. The van der Waals surface area contributed by atoms with Gasteiger partial charge in [-0.1, -0.05) is 18.2 Å². The zero-order valence-corrected chi connectivity index (χ0v) is 18.9. The van der Waals surface area contributed by atoms with E-state index >= 15 is 0 Å². The normalized spacial score (nSPS) is 11.2. The standard InChI is InChI=1S/C25H31NO4/c1-16(2)29-23-15-8-18(5)24(30-17(3)4)21(23)13-14-22(27)19-9-11-20(12-10-19)25(28)26(6)7/h8-17H,1-7H3/b14-13+. The lowest BCUT2D eigenvalue weighted by molar-refractivity contribution is 0.0827. The lowest BCUT2D eigenvalue weighted by Crippen LogP contribution is -2.21. The fraction of sp³-hybridized carbons (Fsp3) is 0.360. The maximum Gasteiger partial charge on any atom is 0.253 e. The predicted octanol–water partition coefficient (Wildman–Crippen LogP) is 5.17. The smallest absolute Gasteiger partial charge is 0.253 e. The molecule has 0 aliphatic carbocycles. The molecule has 0 N–H and O–H groups in total. The van der Waals surface area contributed by atoms with Gasteiger partial charge in [0, 0.05) is 25.2 Å². The molecular weight excluding hydrogens is 378 g/mol. The molecular formula is C25H31NO4. The van der Waals surface area contributed by atoms with Crippen LogP contribution < -0.4 is 9.47 Å². The van der Waals surface area contributed by atoms with Crippen LogP contribution in [0.25, 0.3) is 6.08 Å². The number of amides is 1. The summed E-state index contributed by atoms with van der Waals surface area (Å²) in [6, 6.07) is 10.5. The monoisotopic (exact) mass is 409 g/mol. The molecule has 5 heteroatoms. The molecule has 2 aromatic rings. The number of rotatable bonds is 8. The van der Waals surface area contributed by atoms with E-state index in [0.29, 0.717) is 22.6 Å². The molecule has 0 bridgehead atoms. The van der Waals surface area contributed by atoms with Gasteiger partial charge in [0.25, 0.3) is 5.91 Å². The molecule has 2 rings (SSSR count). The van der Waals surface area contributed by atoms with Gasteiger partial charge in [0.1, 0.15) is 11.5 Å². The predicted molar refractivity (Wildman–Crippen MR) is 121 cm³/mol. The summed E-state index contributed by atoms with van der Waals surface area (Å²) in [6.45, 7) is 9.81. The van der Waals surface area contributed by atoms with E-state index in [0.717, 1.165) is 11.1 Å². The molecule has 0 aromatic heterocycles. The van der Waals surface area contributed by atoms with Crippen molar-refractivity contribution in [3.05, 3.63) is 64.7 Å². The Morgan fingerprint density at radius 3 is 1.97 bits per heavy atom. The molecule has 0 radical (unpaired) electrons. The van der Waals surface area contributed by atoms with Gasteiger partial charge < -0.3 is 14.4 Å². The van der Waals surface area contributed by atoms with E-state index < -0.39 is 0 Å². The molecule has 0 atom stereocenters. The summed E-state index contributed by atoms with van der Waals surface area (Å²) in [7, 11) is 3.39. The second kappa shape index (κ2) is 10.1. The number of carbonyl (C=O) groups is 2. The van der Waals surface area contributed by atoms with E-state index in [1.165, 1.54) is 11.0 Å². The van der Waals surface area contributed by atoms with Crippen LogP contribution in [0, 0.1) is 6.92 Å². The van der Waals surface area contributed by atoms with Gasteiger partial charge in [0.2, 0.25) is 0 Å². The van der Waals surface area contributed by atoms with E-state index in [4.69, 9.17) is 9.47 Å². The lowest BCUT2D eigenvalue weighted by Gasteiger charge is -2.19. The number of ether oxygens (including phenoxy) is 2. The van der Waals surface area contributed by atoms with Crippen LogP contribution in [-0.4, -0.2) is 42.9 Å². The third-order valence-electron chi connectivity index (χ3n) is 4.29. The molecule has 1 amide bonds. The molecule has 2 aromatic carbocycles. The molecule has 0 aliphatic rings. The summed E-state index contributed by atoms with van der Waals surface area (Å²) < 4.78 is 12.0. The van der Waals surface area contributed by atoms with Crippen molar-refractivity contribution in [1.82, 2.24) is 4.90 Å². The topological polar surface area (TPSA) is 55.8 Å². The first kappa shape index (κ1) is 23.2. The van der Waals surface area contributed by atoms with Crippen molar-refractivity contribution in [2.75, 3.05) is 14.1 Å². The van der Waals surface area contributed by atoms with Crippen LogP contribution >= 0.6 is 0 Å². The van der Waals surface area contributed by atoms with Crippen LogP contribution in [0.2, 0.25) is 0 Å². The number of carbonyl (C=O) groups excluding carboxylic acids is 2. The average Bonchev–Trinajstić information content (AvgIpc) is 2.68. The average molecular weight is 410 g/mol.